The van der Waals surface area contributed by atoms with Gasteiger partial charge in [-0.15, -0.1) is 0 Å². The first-order valence-electron chi connectivity index (χ1n) is 6.00. The normalized spacial score (nSPS) is 31.4. The molecule has 0 amide bonds. The van der Waals surface area contributed by atoms with Gasteiger partial charge in [-0.05, 0) is 12.2 Å². The number of hydrogen-bond donors (Lipinski definition) is 2. The minimum Gasteiger partial charge on any atom is -0.438 e. The maximum absolute atomic E-state index is 11.0. The Morgan fingerprint density at radius 2 is 1.25 bits per heavy atom. The highest BCUT2D eigenvalue weighted by molar-refractivity contribution is 5.60. The van der Waals surface area contributed by atoms with E-state index in [1.54, 1.807) is 0 Å². The zero-order valence-corrected chi connectivity index (χ0v) is 11.2. The number of methoxy groups -OCH3 is 2. The summed E-state index contributed by atoms with van der Waals surface area (Å²) < 4.78 is 18.5. The summed E-state index contributed by atoms with van der Waals surface area (Å²) in [5.74, 6) is 0. The van der Waals surface area contributed by atoms with E-state index in [0.29, 0.717) is 0 Å². The second kappa shape index (κ2) is 7.71. The van der Waals surface area contributed by atoms with Gasteiger partial charge >= 0.3 is 12.3 Å². The third-order valence-corrected chi connectivity index (χ3v) is 2.76. The first kappa shape index (κ1) is 16.3. The average Bonchev–Trinajstić information content (AvgIpc) is 2.42. The number of aliphatic hydroxyl groups is 2. The fraction of sp³-hybridized carbons (Fsp3) is 0.667. The maximum Gasteiger partial charge on any atom is 0.508 e. The zero-order valence-electron chi connectivity index (χ0n) is 11.2. The van der Waals surface area contributed by atoms with Crippen molar-refractivity contribution in [3.8, 4) is 0 Å². The first-order chi connectivity index (χ1) is 9.46. The molecule has 1 rings (SSSR count). The van der Waals surface area contributed by atoms with E-state index in [9.17, 15) is 19.8 Å². The summed E-state index contributed by atoms with van der Waals surface area (Å²) >= 11 is 0. The summed E-state index contributed by atoms with van der Waals surface area (Å²) in [5.41, 5.74) is 0. The van der Waals surface area contributed by atoms with Gasteiger partial charge in [0.2, 0.25) is 0 Å². The Morgan fingerprint density at radius 1 is 0.900 bits per heavy atom. The lowest BCUT2D eigenvalue weighted by Gasteiger charge is -2.26. The Hall–Kier alpha value is -1.80. The number of carbonyl (C=O) groups is 2. The molecule has 0 spiro atoms. The van der Waals surface area contributed by atoms with Crippen LogP contribution in [-0.4, -0.2) is 61.2 Å². The monoisotopic (exact) mass is 290 g/mol. The van der Waals surface area contributed by atoms with E-state index in [0.717, 1.165) is 14.2 Å². The molecule has 0 saturated carbocycles. The van der Waals surface area contributed by atoms with Crippen molar-refractivity contribution in [1.82, 2.24) is 0 Å². The number of carbonyl (C=O) groups excluding carboxylic acids is 2. The number of ether oxygens (including phenoxy) is 4. The number of aliphatic hydroxyl groups excluding tert-OH is 2. The third-order valence-electron chi connectivity index (χ3n) is 2.76. The van der Waals surface area contributed by atoms with Crippen molar-refractivity contribution in [2.45, 2.75) is 37.3 Å². The summed E-state index contributed by atoms with van der Waals surface area (Å²) in [6, 6.07) is 0. The van der Waals surface area contributed by atoms with Crippen LogP contribution < -0.4 is 0 Å². The Kier molecular flexibility index (Phi) is 6.26. The SMILES string of the molecule is COC(=O)OC1/C=C/C(OC(=O)OC)CC(O)C(O)C1. The molecule has 0 aromatic heterocycles. The minimum absolute atomic E-state index is 0.0116. The van der Waals surface area contributed by atoms with Gasteiger partial charge in [0.05, 0.1) is 26.4 Å². The second-order valence-corrected chi connectivity index (χ2v) is 4.21. The van der Waals surface area contributed by atoms with Gasteiger partial charge in [-0.3, -0.25) is 0 Å². The van der Waals surface area contributed by atoms with Gasteiger partial charge in [-0.25, -0.2) is 9.59 Å². The van der Waals surface area contributed by atoms with Crippen LogP contribution >= 0.6 is 0 Å². The molecule has 4 unspecified atom stereocenters. The lowest BCUT2D eigenvalue weighted by Crippen LogP contribution is -2.36. The lowest BCUT2D eigenvalue weighted by molar-refractivity contribution is -0.0418. The summed E-state index contributed by atoms with van der Waals surface area (Å²) in [5, 5.41) is 19.5. The molecule has 0 aromatic rings. The Morgan fingerprint density at radius 3 is 1.55 bits per heavy atom. The van der Waals surface area contributed by atoms with Crippen LogP contribution in [-0.2, 0) is 18.9 Å². The van der Waals surface area contributed by atoms with E-state index in [4.69, 9.17) is 9.47 Å². The van der Waals surface area contributed by atoms with Crippen molar-refractivity contribution < 1.29 is 38.7 Å². The third kappa shape index (κ3) is 5.06. The van der Waals surface area contributed by atoms with E-state index in [1.807, 2.05) is 0 Å². The van der Waals surface area contributed by atoms with Gasteiger partial charge in [0.1, 0.15) is 12.2 Å². The van der Waals surface area contributed by atoms with Crippen molar-refractivity contribution in [1.29, 1.82) is 0 Å². The summed E-state index contributed by atoms with van der Waals surface area (Å²) in [6.07, 6.45) is -2.72. The topological polar surface area (TPSA) is 112 Å². The van der Waals surface area contributed by atoms with Crippen LogP contribution in [0.15, 0.2) is 12.2 Å². The fourth-order valence-corrected chi connectivity index (χ4v) is 1.71. The van der Waals surface area contributed by atoms with Gasteiger partial charge in [0.15, 0.2) is 0 Å². The lowest BCUT2D eigenvalue weighted by atomic mass is 9.97. The molecule has 0 radical (unpaired) electrons. The molecule has 20 heavy (non-hydrogen) atoms. The van der Waals surface area contributed by atoms with E-state index >= 15 is 0 Å². The summed E-state index contributed by atoms with van der Waals surface area (Å²) in [7, 11) is 2.31. The van der Waals surface area contributed by atoms with Crippen molar-refractivity contribution in [2.75, 3.05) is 14.2 Å². The molecule has 4 atom stereocenters. The maximum atomic E-state index is 11.0. The number of hydrogen-bond acceptors (Lipinski definition) is 8. The summed E-state index contributed by atoms with van der Waals surface area (Å²) in [6.45, 7) is 0. The Balaban J connectivity index is 2.75. The molecular formula is C12H18O8. The van der Waals surface area contributed by atoms with Crippen molar-refractivity contribution in [3.63, 3.8) is 0 Å². The smallest absolute Gasteiger partial charge is 0.438 e. The molecule has 8 heteroatoms. The first-order valence-corrected chi connectivity index (χ1v) is 6.00. The Labute approximate surface area is 115 Å². The fourth-order valence-electron chi connectivity index (χ4n) is 1.71. The molecule has 1 aliphatic carbocycles. The van der Waals surface area contributed by atoms with E-state index in [2.05, 4.69) is 9.47 Å². The van der Waals surface area contributed by atoms with Crippen LogP contribution in [0.2, 0.25) is 0 Å². The summed E-state index contributed by atoms with van der Waals surface area (Å²) in [4.78, 5) is 22.1. The van der Waals surface area contributed by atoms with E-state index < -0.39 is 36.7 Å². The quantitative estimate of drug-likeness (QED) is 0.554. The number of rotatable bonds is 2. The van der Waals surface area contributed by atoms with Crippen LogP contribution in [0.3, 0.4) is 0 Å². The zero-order chi connectivity index (χ0) is 15.1. The van der Waals surface area contributed by atoms with Crippen molar-refractivity contribution in [3.05, 3.63) is 12.2 Å². The van der Waals surface area contributed by atoms with Crippen LogP contribution in [0.5, 0.6) is 0 Å². The molecule has 2 N–H and O–H groups in total. The molecule has 0 saturated heterocycles. The van der Waals surface area contributed by atoms with Gasteiger partial charge in [0, 0.05) is 12.8 Å². The van der Waals surface area contributed by atoms with E-state index in [-0.39, 0.29) is 12.8 Å². The minimum atomic E-state index is -1.13. The largest absolute Gasteiger partial charge is 0.508 e. The Bertz CT molecular complexity index is 332. The average molecular weight is 290 g/mol. The van der Waals surface area contributed by atoms with Crippen molar-refractivity contribution >= 4 is 12.3 Å². The molecule has 1 aliphatic rings. The van der Waals surface area contributed by atoms with Crippen LogP contribution in [0, 0.1) is 0 Å². The molecular weight excluding hydrogens is 272 g/mol. The molecule has 114 valence electrons. The molecule has 0 aromatic carbocycles. The molecule has 0 bridgehead atoms. The van der Waals surface area contributed by atoms with E-state index in [1.165, 1.54) is 12.2 Å². The predicted octanol–water partition coefficient (Wildman–Crippen LogP) is 0.361. The van der Waals surface area contributed by atoms with Gasteiger partial charge in [0.25, 0.3) is 0 Å². The second-order valence-electron chi connectivity index (χ2n) is 4.21. The van der Waals surface area contributed by atoms with Crippen LogP contribution in [0.25, 0.3) is 0 Å². The van der Waals surface area contributed by atoms with Gasteiger partial charge in [-0.2, -0.15) is 0 Å². The van der Waals surface area contributed by atoms with Crippen molar-refractivity contribution in [2.24, 2.45) is 0 Å². The van der Waals surface area contributed by atoms with Crippen LogP contribution in [0.4, 0.5) is 9.59 Å². The van der Waals surface area contributed by atoms with Crippen LogP contribution in [0.1, 0.15) is 12.8 Å². The molecule has 0 aliphatic heterocycles. The van der Waals surface area contributed by atoms with Gasteiger partial charge in [-0.1, -0.05) is 0 Å². The van der Waals surface area contributed by atoms with Gasteiger partial charge < -0.3 is 29.2 Å². The highest BCUT2D eigenvalue weighted by atomic mass is 16.7. The predicted molar refractivity (Wildman–Crippen MR) is 64.9 cm³/mol. The molecule has 0 heterocycles. The highest BCUT2D eigenvalue weighted by Crippen LogP contribution is 2.18. The molecule has 0 fully saturated rings. The standard InChI is InChI=1S/C12H18O8/c1-17-11(15)19-7-3-4-8(20-12(16)18-2)6-10(14)9(13)5-7/h3-4,7-10,13-14H,5-6H2,1-2H3/b4-3+. The molecule has 8 nitrogen and oxygen atoms in total. The highest BCUT2D eigenvalue weighted by Gasteiger charge is 2.28.